The number of alkyl halides is 3. The van der Waals surface area contributed by atoms with Gasteiger partial charge < -0.3 is 9.88 Å². The molecule has 8 heteroatoms. The average Bonchev–Trinajstić information content (AvgIpc) is 2.49. The molecule has 4 nitrogen and oxygen atoms in total. The number of aromatic nitrogens is 1. The first kappa shape index (κ1) is 18.7. The average molecular weight is 356 g/mol. The van der Waals surface area contributed by atoms with E-state index in [0.29, 0.717) is 17.3 Å². The summed E-state index contributed by atoms with van der Waals surface area (Å²) in [6.07, 6.45) is -4.69. The van der Waals surface area contributed by atoms with E-state index in [-0.39, 0.29) is 17.7 Å². The number of carbonyl (C=O) groups excluding carboxylic acids is 1. The highest BCUT2D eigenvalue weighted by Crippen LogP contribution is 2.30. The second-order valence-electron chi connectivity index (χ2n) is 5.74. The Kier molecular flexibility index (Phi) is 5.01. The van der Waals surface area contributed by atoms with Crippen LogP contribution in [0, 0.1) is 19.7 Å². The van der Waals surface area contributed by atoms with Gasteiger partial charge in [-0.3, -0.25) is 9.59 Å². The summed E-state index contributed by atoms with van der Waals surface area (Å²) in [6.45, 7) is 2.96. The van der Waals surface area contributed by atoms with Crippen LogP contribution in [0.2, 0.25) is 0 Å². The van der Waals surface area contributed by atoms with Gasteiger partial charge in [0.25, 0.3) is 11.5 Å². The molecule has 0 aliphatic rings. The smallest absolute Gasteiger partial charge is 0.348 e. The van der Waals surface area contributed by atoms with Gasteiger partial charge in [0.15, 0.2) is 0 Å². The maximum atomic E-state index is 13.4. The number of benzene rings is 1. The molecule has 0 fully saturated rings. The Morgan fingerprint density at radius 2 is 1.80 bits per heavy atom. The molecular weight excluding hydrogens is 340 g/mol. The number of nitrogens with one attached hydrogen (secondary N) is 1. The van der Waals surface area contributed by atoms with Crippen molar-refractivity contribution in [3.63, 3.8) is 0 Å². The zero-order chi connectivity index (χ0) is 18.9. The number of nitrogens with zero attached hydrogens (tertiary/aromatic N) is 1. The lowest BCUT2D eigenvalue weighted by Crippen LogP contribution is -2.33. The molecule has 1 aromatic carbocycles. The molecule has 0 unspecified atom stereocenters. The largest absolute Gasteiger partial charge is 0.416 e. The predicted molar refractivity (Wildman–Crippen MR) is 83.7 cm³/mol. The van der Waals surface area contributed by atoms with Crippen LogP contribution >= 0.6 is 0 Å². The number of carbonyl (C=O) groups is 1. The fourth-order valence-electron chi connectivity index (χ4n) is 2.44. The van der Waals surface area contributed by atoms with Crippen molar-refractivity contribution >= 4 is 5.91 Å². The third-order valence-corrected chi connectivity index (χ3v) is 3.83. The lowest BCUT2D eigenvalue weighted by atomic mass is 10.1. The van der Waals surface area contributed by atoms with Crippen LogP contribution in [0.15, 0.2) is 29.1 Å². The van der Waals surface area contributed by atoms with Crippen LogP contribution < -0.4 is 10.9 Å². The van der Waals surface area contributed by atoms with Crippen molar-refractivity contribution < 1.29 is 22.4 Å². The molecule has 2 aromatic rings. The van der Waals surface area contributed by atoms with Crippen molar-refractivity contribution in [1.82, 2.24) is 9.88 Å². The van der Waals surface area contributed by atoms with E-state index in [1.807, 2.05) is 0 Å². The molecule has 0 saturated heterocycles. The molecule has 0 bridgehead atoms. The number of hydrogen-bond acceptors (Lipinski definition) is 2. The first-order chi connectivity index (χ1) is 11.5. The molecule has 0 atom stereocenters. The number of hydrogen-bond donors (Lipinski definition) is 1. The maximum absolute atomic E-state index is 13.4. The Hall–Kier alpha value is -2.64. The second-order valence-corrected chi connectivity index (χ2v) is 5.74. The minimum absolute atomic E-state index is 0.0535. The molecule has 134 valence electrons. The van der Waals surface area contributed by atoms with Gasteiger partial charge in [0.2, 0.25) is 0 Å². The highest BCUT2D eigenvalue weighted by atomic mass is 19.4. The highest BCUT2D eigenvalue weighted by molar-refractivity contribution is 5.95. The summed E-state index contributed by atoms with van der Waals surface area (Å²) in [7, 11) is 1.51. The van der Waals surface area contributed by atoms with E-state index in [9.17, 15) is 27.2 Å². The third kappa shape index (κ3) is 4.07. The highest BCUT2D eigenvalue weighted by Gasteiger charge is 2.31. The van der Waals surface area contributed by atoms with Gasteiger partial charge in [-0.1, -0.05) is 0 Å². The molecule has 0 aliphatic heterocycles. The zero-order valence-electron chi connectivity index (χ0n) is 13.8. The number of pyridine rings is 1. The van der Waals surface area contributed by atoms with Gasteiger partial charge in [0.05, 0.1) is 5.56 Å². The van der Waals surface area contributed by atoms with Crippen LogP contribution in [0.3, 0.4) is 0 Å². The van der Waals surface area contributed by atoms with Gasteiger partial charge in [-0.05, 0) is 49.2 Å². The lowest BCUT2D eigenvalue weighted by Gasteiger charge is -2.12. The van der Waals surface area contributed by atoms with Gasteiger partial charge in [-0.25, -0.2) is 4.39 Å². The van der Waals surface area contributed by atoms with E-state index < -0.39 is 29.0 Å². The number of halogens is 4. The fourth-order valence-corrected chi connectivity index (χ4v) is 2.44. The third-order valence-electron chi connectivity index (χ3n) is 3.83. The van der Waals surface area contributed by atoms with Gasteiger partial charge in [0, 0.05) is 19.3 Å². The van der Waals surface area contributed by atoms with Crippen LogP contribution in [-0.4, -0.2) is 10.5 Å². The summed E-state index contributed by atoms with van der Waals surface area (Å²) in [5.41, 5.74) is -0.681. The minimum Gasteiger partial charge on any atom is -0.348 e. The van der Waals surface area contributed by atoms with Gasteiger partial charge in [-0.15, -0.1) is 0 Å². The van der Waals surface area contributed by atoms with Crippen molar-refractivity contribution in [2.24, 2.45) is 7.05 Å². The molecule has 1 heterocycles. The molecule has 2 rings (SSSR count). The molecule has 1 N–H and O–H groups in total. The summed E-state index contributed by atoms with van der Waals surface area (Å²) in [5.74, 6) is -1.78. The normalized spacial score (nSPS) is 11.5. The van der Waals surface area contributed by atoms with Crippen molar-refractivity contribution in [2.45, 2.75) is 26.6 Å². The number of rotatable bonds is 3. The van der Waals surface area contributed by atoms with Gasteiger partial charge in [0.1, 0.15) is 11.4 Å². The Labute approximate surface area is 141 Å². The Balaban J connectivity index is 2.26. The molecule has 0 spiro atoms. The summed E-state index contributed by atoms with van der Waals surface area (Å²) >= 11 is 0. The molecule has 0 aliphatic carbocycles. The summed E-state index contributed by atoms with van der Waals surface area (Å²) in [4.78, 5) is 24.4. The van der Waals surface area contributed by atoms with Crippen LogP contribution in [0.4, 0.5) is 17.6 Å². The van der Waals surface area contributed by atoms with Crippen LogP contribution in [0.25, 0.3) is 0 Å². The van der Waals surface area contributed by atoms with Crippen LogP contribution in [-0.2, 0) is 19.8 Å². The van der Waals surface area contributed by atoms with Crippen LogP contribution in [0.1, 0.15) is 32.7 Å². The van der Waals surface area contributed by atoms with Crippen LogP contribution in [0.5, 0.6) is 0 Å². The first-order valence-corrected chi connectivity index (χ1v) is 7.33. The van der Waals surface area contributed by atoms with E-state index in [1.54, 1.807) is 19.9 Å². The fraction of sp³-hybridized carbons (Fsp3) is 0.294. The first-order valence-electron chi connectivity index (χ1n) is 7.33. The summed E-state index contributed by atoms with van der Waals surface area (Å²) in [5, 5.41) is 2.36. The zero-order valence-corrected chi connectivity index (χ0v) is 13.8. The SMILES string of the molecule is Cc1cc(C)n(C)c(=O)c1C(=O)NCc1cc(F)cc(C(F)(F)F)c1. The summed E-state index contributed by atoms with van der Waals surface area (Å²) in [6, 6.07) is 3.69. The predicted octanol–water partition coefficient (Wildman–Crippen LogP) is 3.09. The summed E-state index contributed by atoms with van der Waals surface area (Å²) < 4.78 is 52.8. The molecule has 1 aromatic heterocycles. The van der Waals surface area contributed by atoms with E-state index in [2.05, 4.69) is 5.32 Å². The topological polar surface area (TPSA) is 51.1 Å². The van der Waals surface area contributed by atoms with Gasteiger partial charge in [-0.2, -0.15) is 13.2 Å². The number of aryl methyl sites for hydroxylation is 2. The van der Waals surface area contributed by atoms with Crippen molar-refractivity contribution in [3.8, 4) is 0 Å². The maximum Gasteiger partial charge on any atom is 0.416 e. The van der Waals surface area contributed by atoms with Crippen molar-refractivity contribution in [2.75, 3.05) is 0 Å². The molecule has 1 amide bonds. The standard InChI is InChI=1S/C17H16F4N2O2/c1-9-4-10(2)23(3)16(25)14(9)15(24)22-8-11-5-12(17(19,20)21)7-13(18)6-11/h4-7H,8H2,1-3H3,(H,22,24). The number of amides is 1. The molecule has 0 saturated carbocycles. The molecule has 25 heavy (non-hydrogen) atoms. The Morgan fingerprint density at radius 1 is 1.16 bits per heavy atom. The minimum atomic E-state index is -4.69. The van der Waals surface area contributed by atoms with E-state index in [4.69, 9.17) is 0 Å². The van der Waals surface area contributed by atoms with E-state index in [1.165, 1.54) is 11.6 Å². The lowest BCUT2D eigenvalue weighted by molar-refractivity contribution is -0.137. The quantitative estimate of drug-likeness (QED) is 0.860. The van der Waals surface area contributed by atoms with Crippen molar-refractivity contribution in [1.29, 1.82) is 0 Å². The second kappa shape index (κ2) is 6.70. The monoisotopic (exact) mass is 356 g/mol. The van der Waals surface area contributed by atoms with E-state index >= 15 is 0 Å². The van der Waals surface area contributed by atoms with Crippen molar-refractivity contribution in [3.05, 3.63) is 68.4 Å². The molecule has 0 radical (unpaired) electrons. The Bertz CT molecular complexity index is 885. The van der Waals surface area contributed by atoms with E-state index in [0.717, 1.165) is 12.1 Å². The van der Waals surface area contributed by atoms with Gasteiger partial charge >= 0.3 is 6.18 Å². The Morgan fingerprint density at radius 3 is 2.40 bits per heavy atom. The molecular formula is C17H16F4N2O2.